The first kappa shape index (κ1) is 13.1. The lowest BCUT2D eigenvalue weighted by Crippen LogP contribution is -2.28. The molecular formula is C13H17NO3S. The van der Waals surface area contributed by atoms with Gasteiger partial charge in [-0.25, -0.2) is 8.42 Å². The summed E-state index contributed by atoms with van der Waals surface area (Å²) < 4.78 is 22.6. The van der Waals surface area contributed by atoms with Crippen molar-refractivity contribution in [3.63, 3.8) is 0 Å². The third-order valence-electron chi connectivity index (χ3n) is 3.36. The van der Waals surface area contributed by atoms with Crippen molar-refractivity contribution >= 4 is 15.7 Å². The van der Waals surface area contributed by atoms with Crippen molar-refractivity contribution in [2.45, 2.75) is 31.2 Å². The van der Waals surface area contributed by atoms with Crippen molar-refractivity contribution in [2.75, 3.05) is 6.26 Å². The Kier molecular flexibility index (Phi) is 2.97. The van der Waals surface area contributed by atoms with Crippen LogP contribution in [0.4, 0.5) is 0 Å². The van der Waals surface area contributed by atoms with Crippen LogP contribution in [0.1, 0.15) is 30.6 Å². The van der Waals surface area contributed by atoms with Crippen LogP contribution in [0.2, 0.25) is 0 Å². The molecule has 1 atom stereocenters. The van der Waals surface area contributed by atoms with E-state index in [0.717, 1.165) is 12.7 Å². The molecule has 0 spiro atoms. The first-order valence-corrected chi connectivity index (χ1v) is 7.70. The molecule has 5 heteroatoms. The highest BCUT2D eigenvalue weighted by molar-refractivity contribution is 7.90. The average Bonchev–Trinajstić information content (AvgIpc) is 2.85. The van der Waals surface area contributed by atoms with E-state index in [1.54, 1.807) is 12.1 Å². The molecule has 1 fully saturated rings. The van der Waals surface area contributed by atoms with Crippen LogP contribution >= 0.6 is 0 Å². The van der Waals surface area contributed by atoms with E-state index in [0.29, 0.717) is 5.56 Å². The van der Waals surface area contributed by atoms with Gasteiger partial charge in [-0.2, -0.15) is 0 Å². The van der Waals surface area contributed by atoms with Crippen molar-refractivity contribution < 1.29 is 13.2 Å². The molecule has 4 nitrogen and oxygen atoms in total. The number of amides is 1. The van der Waals surface area contributed by atoms with Gasteiger partial charge in [0.1, 0.15) is 0 Å². The molecule has 1 aliphatic carbocycles. The number of carbonyl (C=O) groups excluding carboxylic acids is 1. The summed E-state index contributed by atoms with van der Waals surface area (Å²) in [6.07, 6.45) is 2.13. The quantitative estimate of drug-likeness (QED) is 0.905. The Balaban J connectivity index is 2.08. The van der Waals surface area contributed by atoms with Gasteiger partial charge in [-0.3, -0.25) is 4.79 Å². The molecule has 1 amide bonds. The van der Waals surface area contributed by atoms with Crippen LogP contribution < -0.4 is 5.32 Å². The fourth-order valence-electron chi connectivity index (χ4n) is 1.81. The molecule has 98 valence electrons. The Morgan fingerprint density at radius 1 is 1.28 bits per heavy atom. The lowest BCUT2D eigenvalue weighted by molar-refractivity contribution is 0.0946. The van der Waals surface area contributed by atoms with Crippen LogP contribution in [0.25, 0.3) is 0 Å². The second kappa shape index (κ2) is 4.09. The first-order chi connectivity index (χ1) is 8.20. The summed E-state index contributed by atoms with van der Waals surface area (Å²) in [5.41, 5.74) is 0.674. The minimum Gasteiger partial charge on any atom is -0.349 e. The zero-order chi connectivity index (χ0) is 13.6. The van der Waals surface area contributed by atoms with Crippen LogP contribution in [0.15, 0.2) is 29.2 Å². The molecule has 0 aromatic heterocycles. The maximum Gasteiger partial charge on any atom is 0.251 e. The summed E-state index contributed by atoms with van der Waals surface area (Å²) >= 11 is 0. The number of benzene rings is 1. The van der Waals surface area contributed by atoms with Crippen molar-refractivity contribution in [3.8, 4) is 0 Å². The van der Waals surface area contributed by atoms with E-state index < -0.39 is 9.84 Å². The molecule has 1 saturated carbocycles. The van der Waals surface area contributed by atoms with Gasteiger partial charge in [-0.05, 0) is 36.1 Å². The largest absolute Gasteiger partial charge is 0.349 e. The molecule has 0 heterocycles. The van der Waals surface area contributed by atoms with Gasteiger partial charge in [0.05, 0.1) is 4.90 Å². The third-order valence-corrected chi connectivity index (χ3v) is 4.49. The number of carbonyl (C=O) groups is 1. The second-order valence-electron chi connectivity index (χ2n) is 5.52. The van der Waals surface area contributed by atoms with E-state index in [-0.39, 0.29) is 22.3 Å². The predicted molar refractivity (Wildman–Crippen MR) is 69.2 cm³/mol. The Hall–Kier alpha value is -1.36. The highest BCUT2D eigenvalue weighted by atomic mass is 32.2. The minimum atomic E-state index is -3.21. The zero-order valence-corrected chi connectivity index (χ0v) is 11.5. The molecule has 0 bridgehead atoms. The summed E-state index contributed by atoms with van der Waals surface area (Å²) in [5, 5.41) is 2.93. The van der Waals surface area contributed by atoms with Crippen LogP contribution in [0, 0.1) is 5.41 Å². The third kappa shape index (κ3) is 2.72. The molecule has 1 N–H and O–H groups in total. The SMILES string of the molecule is CC1(C)C[C@@H]1NC(=O)c1ccc(S(C)(=O)=O)cc1. The molecule has 0 radical (unpaired) electrons. The smallest absolute Gasteiger partial charge is 0.251 e. The maximum absolute atomic E-state index is 11.9. The summed E-state index contributed by atoms with van der Waals surface area (Å²) in [6, 6.07) is 6.23. The average molecular weight is 267 g/mol. The van der Waals surface area contributed by atoms with Crippen molar-refractivity contribution in [1.82, 2.24) is 5.32 Å². The molecule has 0 unspecified atom stereocenters. The maximum atomic E-state index is 11.9. The van der Waals surface area contributed by atoms with E-state index in [2.05, 4.69) is 19.2 Å². The van der Waals surface area contributed by atoms with Gasteiger partial charge in [-0.15, -0.1) is 0 Å². The van der Waals surface area contributed by atoms with E-state index >= 15 is 0 Å². The number of sulfone groups is 1. The van der Waals surface area contributed by atoms with E-state index in [4.69, 9.17) is 0 Å². The fraction of sp³-hybridized carbons (Fsp3) is 0.462. The standard InChI is InChI=1S/C13H17NO3S/c1-13(2)8-11(13)14-12(15)9-4-6-10(7-5-9)18(3,16)17/h4-7,11H,8H2,1-3H3,(H,14,15)/t11-/m0/s1. The van der Waals surface area contributed by atoms with Gasteiger partial charge in [0.2, 0.25) is 0 Å². The van der Waals surface area contributed by atoms with E-state index in [1.807, 2.05) is 0 Å². The predicted octanol–water partition coefficient (Wildman–Crippen LogP) is 1.62. The van der Waals surface area contributed by atoms with Crippen LogP contribution in [-0.2, 0) is 9.84 Å². The Morgan fingerprint density at radius 2 is 1.78 bits per heavy atom. The van der Waals surface area contributed by atoms with Gasteiger partial charge in [0.15, 0.2) is 9.84 Å². The Labute approximate surface area is 107 Å². The number of nitrogens with one attached hydrogen (secondary N) is 1. The van der Waals surface area contributed by atoms with Crippen molar-refractivity contribution in [1.29, 1.82) is 0 Å². The number of hydrogen-bond donors (Lipinski definition) is 1. The molecule has 0 saturated heterocycles. The Morgan fingerprint density at radius 3 is 2.17 bits per heavy atom. The normalized spacial score (nSPS) is 21.4. The molecule has 0 aliphatic heterocycles. The van der Waals surface area contributed by atoms with Crippen LogP contribution in [0.5, 0.6) is 0 Å². The molecule has 1 aliphatic rings. The summed E-state index contributed by atoms with van der Waals surface area (Å²) in [5.74, 6) is -0.148. The van der Waals surface area contributed by atoms with Gasteiger partial charge >= 0.3 is 0 Å². The van der Waals surface area contributed by atoms with E-state index in [9.17, 15) is 13.2 Å². The lowest BCUT2D eigenvalue weighted by Gasteiger charge is -2.07. The van der Waals surface area contributed by atoms with Crippen LogP contribution in [-0.4, -0.2) is 26.6 Å². The molecule has 2 rings (SSSR count). The lowest BCUT2D eigenvalue weighted by atomic mass is 10.1. The highest BCUT2D eigenvalue weighted by Crippen LogP contribution is 2.44. The van der Waals surface area contributed by atoms with Gasteiger partial charge in [0.25, 0.3) is 5.91 Å². The van der Waals surface area contributed by atoms with E-state index in [1.165, 1.54) is 12.1 Å². The minimum absolute atomic E-state index is 0.148. The molecule has 1 aromatic rings. The summed E-state index contributed by atoms with van der Waals surface area (Å²) in [6.45, 7) is 4.20. The number of hydrogen-bond acceptors (Lipinski definition) is 3. The monoisotopic (exact) mass is 267 g/mol. The first-order valence-electron chi connectivity index (χ1n) is 5.81. The number of rotatable bonds is 3. The van der Waals surface area contributed by atoms with Gasteiger partial charge in [0, 0.05) is 17.9 Å². The van der Waals surface area contributed by atoms with Crippen LogP contribution in [0.3, 0.4) is 0 Å². The van der Waals surface area contributed by atoms with Gasteiger partial charge in [-0.1, -0.05) is 13.8 Å². The zero-order valence-electron chi connectivity index (χ0n) is 10.7. The second-order valence-corrected chi connectivity index (χ2v) is 7.53. The molecule has 1 aromatic carbocycles. The fourth-order valence-corrected chi connectivity index (χ4v) is 2.44. The topological polar surface area (TPSA) is 63.2 Å². The van der Waals surface area contributed by atoms with Gasteiger partial charge < -0.3 is 5.32 Å². The van der Waals surface area contributed by atoms with Crippen molar-refractivity contribution in [2.24, 2.45) is 5.41 Å². The summed E-state index contributed by atoms with van der Waals surface area (Å²) in [4.78, 5) is 12.1. The van der Waals surface area contributed by atoms with Crippen molar-refractivity contribution in [3.05, 3.63) is 29.8 Å². The molecule has 18 heavy (non-hydrogen) atoms. The Bertz CT molecular complexity index is 573. The summed E-state index contributed by atoms with van der Waals surface area (Å²) in [7, 11) is -3.21. The highest BCUT2D eigenvalue weighted by Gasteiger charge is 2.46. The molecular weight excluding hydrogens is 250 g/mol.